The first kappa shape index (κ1) is 15.5. The molecule has 0 saturated heterocycles. The molecule has 0 aromatic carbocycles. The van der Waals surface area contributed by atoms with Crippen molar-refractivity contribution in [2.24, 2.45) is 0 Å². The normalized spacial score (nSPS) is 11.2. The molecule has 1 amide bonds. The number of nitrogens with one attached hydrogen (secondary N) is 2. The summed E-state index contributed by atoms with van der Waals surface area (Å²) in [4.78, 5) is 25.0. The summed E-state index contributed by atoms with van der Waals surface area (Å²) >= 11 is 5.93. The van der Waals surface area contributed by atoms with Gasteiger partial charge in [0.2, 0.25) is 5.91 Å². The second kappa shape index (κ2) is 6.06. The fourth-order valence-corrected chi connectivity index (χ4v) is 1.80. The highest BCUT2D eigenvalue weighted by Gasteiger charge is 2.18. The summed E-state index contributed by atoms with van der Waals surface area (Å²) in [6, 6.07) is 0. The molecule has 1 aromatic rings. The molecule has 0 atom stereocenters. The molecule has 106 valence electrons. The highest BCUT2D eigenvalue weighted by molar-refractivity contribution is 6.33. The SMILES string of the molecule is CCN(CC(=O)NC(C)(C)C)c1cn[nH]c(=O)c1Cl. The number of aromatic nitrogens is 2. The van der Waals surface area contributed by atoms with Crippen molar-refractivity contribution in [1.82, 2.24) is 15.5 Å². The Morgan fingerprint density at radius 3 is 2.68 bits per heavy atom. The van der Waals surface area contributed by atoms with Crippen LogP contribution < -0.4 is 15.8 Å². The van der Waals surface area contributed by atoms with E-state index in [2.05, 4.69) is 15.5 Å². The smallest absolute Gasteiger partial charge is 0.285 e. The van der Waals surface area contributed by atoms with Gasteiger partial charge >= 0.3 is 0 Å². The topological polar surface area (TPSA) is 78.1 Å². The maximum Gasteiger partial charge on any atom is 0.285 e. The number of rotatable bonds is 4. The minimum absolute atomic E-state index is 0.0420. The summed E-state index contributed by atoms with van der Waals surface area (Å²) in [5.74, 6) is -0.134. The van der Waals surface area contributed by atoms with Crippen LogP contribution in [0.2, 0.25) is 5.02 Å². The van der Waals surface area contributed by atoms with Crippen LogP contribution >= 0.6 is 11.6 Å². The van der Waals surface area contributed by atoms with E-state index in [9.17, 15) is 9.59 Å². The average molecular weight is 287 g/mol. The van der Waals surface area contributed by atoms with Gasteiger partial charge in [0.25, 0.3) is 5.56 Å². The largest absolute Gasteiger partial charge is 0.360 e. The molecule has 1 rings (SSSR count). The van der Waals surface area contributed by atoms with Gasteiger partial charge in [-0.25, -0.2) is 5.10 Å². The van der Waals surface area contributed by atoms with Crippen molar-refractivity contribution in [3.8, 4) is 0 Å². The van der Waals surface area contributed by atoms with E-state index < -0.39 is 5.56 Å². The molecule has 7 heteroatoms. The molecular weight excluding hydrogens is 268 g/mol. The fourth-order valence-electron chi connectivity index (χ4n) is 1.59. The van der Waals surface area contributed by atoms with E-state index in [1.54, 1.807) is 4.90 Å². The van der Waals surface area contributed by atoms with Crippen molar-refractivity contribution >= 4 is 23.2 Å². The minimum atomic E-state index is -0.464. The molecule has 0 aliphatic carbocycles. The van der Waals surface area contributed by atoms with Gasteiger partial charge < -0.3 is 10.2 Å². The molecule has 0 bridgehead atoms. The number of carbonyl (C=O) groups is 1. The number of anilines is 1. The van der Waals surface area contributed by atoms with Crippen LogP contribution in [0.15, 0.2) is 11.0 Å². The van der Waals surface area contributed by atoms with Crippen molar-refractivity contribution in [3.05, 3.63) is 21.6 Å². The summed E-state index contributed by atoms with van der Waals surface area (Å²) in [6.07, 6.45) is 1.44. The van der Waals surface area contributed by atoms with Gasteiger partial charge in [0.1, 0.15) is 5.02 Å². The molecule has 19 heavy (non-hydrogen) atoms. The monoisotopic (exact) mass is 286 g/mol. The van der Waals surface area contributed by atoms with Crippen LogP contribution in [-0.2, 0) is 4.79 Å². The Balaban J connectivity index is 2.87. The Kier molecular flexibility index (Phi) is 4.94. The van der Waals surface area contributed by atoms with E-state index in [4.69, 9.17) is 11.6 Å². The van der Waals surface area contributed by atoms with E-state index in [1.165, 1.54) is 6.20 Å². The van der Waals surface area contributed by atoms with Crippen LogP contribution in [0.3, 0.4) is 0 Å². The Hall–Kier alpha value is -1.56. The molecule has 0 radical (unpaired) electrons. The third kappa shape index (κ3) is 4.55. The summed E-state index contributed by atoms with van der Waals surface area (Å²) in [5.41, 5.74) is -0.307. The standard InChI is InChI=1S/C12H19ClN4O2/c1-5-17(7-9(18)15-12(2,3)4)8-6-14-16-11(19)10(8)13/h6H,5,7H2,1-4H3,(H,15,18)(H,16,19). The van der Waals surface area contributed by atoms with E-state index in [0.29, 0.717) is 12.2 Å². The van der Waals surface area contributed by atoms with Gasteiger partial charge in [-0.2, -0.15) is 5.10 Å². The van der Waals surface area contributed by atoms with Gasteiger partial charge in [-0.05, 0) is 27.7 Å². The van der Waals surface area contributed by atoms with E-state index in [1.807, 2.05) is 27.7 Å². The number of aromatic amines is 1. The predicted molar refractivity (Wildman–Crippen MR) is 75.7 cm³/mol. The molecule has 2 N–H and O–H groups in total. The zero-order valence-corrected chi connectivity index (χ0v) is 12.3. The Morgan fingerprint density at radius 2 is 2.16 bits per heavy atom. The maximum absolute atomic E-state index is 11.9. The number of amides is 1. The molecule has 6 nitrogen and oxygen atoms in total. The lowest BCUT2D eigenvalue weighted by Gasteiger charge is -2.26. The van der Waals surface area contributed by atoms with Crippen LogP contribution in [0.1, 0.15) is 27.7 Å². The average Bonchev–Trinajstić information content (AvgIpc) is 2.27. The van der Waals surface area contributed by atoms with Crippen molar-refractivity contribution in [3.63, 3.8) is 0 Å². The number of hydrogen-bond donors (Lipinski definition) is 2. The summed E-state index contributed by atoms with van der Waals surface area (Å²) < 4.78 is 0. The van der Waals surface area contributed by atoms with Crippen molar-refractivity contribution < 1.29 is 4.79 Å². The van der Waals surface area contributed by atoms with Crippen LogP contribution in [0.25, 0.3) is 0 Å². The lowest BCUT2D eigenvalue weighted by molar-refractivity contribution is -0.121. The van der Waals surface area contributed by atoms with Gasteiger partial charge in [0, 0.05) is 12.1 Å². The van der Waals surface area contributed by atoms with Crippen molar-refractivity contribution in [1.29, 1.82) is 0 Å². The third-order valence-electron chi connectivity index (χ3n) is 2.35. The Labute approximate surface area is 117 Å². The van der Waals surface area contributed by atoms with Crippen LogP contribution in [-0.4, -0.2) is 34.7 Å². The molecule has 0 fully saturated rings. The number of nitrogens with zero attached hydrogens (tertiary/aromatic N) is 2. The molecule has 0 aliphatic rings. The number of H-pyrrole nitrogens is 1. The van der Waals surface area contributed by atoms with Crippen molar-refractivity contribution in [2.75, 3.05) is 18.0 Å². The quantitative estimate of drug-likeness (QED) is 0.871. The summed E-state index contributed by atoms with van der Waals surface area (Å²) in [6.45, 7) is 8.26. The molecule has 0 saturated carbocycles. The highest BCUT2D eigenvalue weighted by atomic mass is 35.5. The van der Waals surface area contributed by atoms with Crippen molar-refractivity contribution in [2.45, 2.75) is 33.2 Å². The lowest BCUT2D eigenvalue weighted by atomic mass is 10.1. The molecule has 1 heterocycles. The molecule has 1 aromatic heterocycles. The van der Waals surface area contributed by atoms with E-state index in [-0.39, 0.29) is 23.0 Å². The fraction of sp³-hybridized carbons (Fsp3) is 0.583. The number of hydrogen-bond acceptors (Lipinski definition) is 4. The second-order valence-electron chi connectivity index (χ2n) is 5.21. The van der Waals surface area contributed by atoms with Gasteiger partial charge in [0.05, 0.1) is 18.4 Å². The molecular formula is C12H19ClN4O2. The third-order valence-corrected chi connectivity index (χ3v) is 2.71. The van der Waals surface area contributed by atoms with Gasteiger partial charge in [-0.3, -0.25) is 9.59 Å². The molecule has 0 unspecified atom stereocenters. The lowest BCUT2D eigenvalue weighted by Crippen LogP contribution is -2.46. The number of carbonyl (C=O) groups excluding carboxylic acids is 1. The first-order valence-electron chi connectivity index (χ1n) is 6.03. The maximum atomic E-state index is 11.9. The van der Waals surface area contributed by atoms with Gasteiger partial charge in [0.15, 0.2) is 0 Å². The summed E-state index contributed by atoms with van der Waals surface area (Å²) in [5, 5.41) is 8.85. The summed E-state index contributed by atoms with van der Waals surface area (Å²) in [7, 11) is 0. The number of halogens is 1. The van der Waals surface area contributed by atoms with Crippen LogP contribution in [0, 0.1) is 0 Å². The predicted octanol–water partition coefficient (Wildman–Crippen LogP) is 1.16. The van der Waals surface area contributed by atoms with Crippen LogP contribution in [0.4, 0.5) is 5.69 Å². The first-order valence-corrected chi connectivity index (χ1v) is 6.41. The molecule has 0 aliphatic heterocycles. The van der Waals surface area contributed by atoms with Gasteiger partial charge in [-0.1, -0.05) is 11.6 Å². The van der Waals surface area contributed by atoms with Crippen LogP contribution in [0.5, 0.6) is 0 Å². The molecule has 0 spiro atoms. The Bertz CT molecular complexity index is 507. The number of likely N-dealkylation sites (N-methyl/N-ethyl adjacent to an activating group) is 1. The van der Waals surface area contributed by atoms with E-state index >= 15 is 0 Å². The Morgan fingerprint density at radius 1 is 1.53 bits per heavy atom. The highest BCUT2D eigenvalue weighted by Crippen LogP contribution is 2.19. The zero-order valence-electron chi connectivity index (χ0n) is 11.6. The minimum Gasteiger partial charge on any atom is -0.360 e. The second-order valence-corrected chi connectivity index (χ2v) is 5.59. The van der Waals surface area contributed by atoms with Gasteiger partial charge in [-0.15, -0.1) is 0 Å². The first-order chi connectivity index (χ1) is 8.74. The van der Waals surface area contributed by atoms with E-state index in [0.717, 1.165) is 0 Å². The zero-order chi connectivity index (χ0) is 14.6.